The van der Waals surface area contributed by atoms with Gasteiger partial charge >= 0.3 is 0 Å². The van der Waals surface area contributed by atoms with Gasteiger partial charge in [-0.2, -0.15) is 10.2 Å². The number of ketones is 1. The monoisotopic (exact) mass is 1050 g/mol. The van der Waals surface area contributed by atoms with Crippen LogP contribution in [0.2, 0.25) is 0 Å². The van der Waals surface area contributed by atoms with Crippen molar-refractivity contribution in [3.63, 3.8) is 0 Å². The lowest BCUT2D eigenvalue weighted by Crippen LogP contribution is -2.10. The molecule has 0 N–H and O–H groups in total. The molecule has 4 heterocycles. The summed E-state index contributed by atoms with van der Waals surface area (Å²) in [6, 6.07) is 49.4. The number of Topliss-reactive ketones (excluding diaryl/α,β-unsaturated/α-hetero) is 1. The van der Waals surface area contributed by atoms with Gasteiger partial charge in [-0.05, 0) is 111 Å². The van der Waals surface area contributed by atoms with Gasteiger partial charge in [0.1, 0.15) is 0 Å². The lowest BCUT2D eigenvalue weighted by atomic mass is 9.92. The van der Waals surface area contributed by atoms with E-state index in [1.54, 1.807) is 18.1 Å². The van der Waals surface area contributed by atoms with E-state index in [0.29, 0.717) is 0 Å². The molecule has 0 saturated heterocycles. The first-order valence-corrected chi connectivity index (χ1v) is 29.7. The maximum Gasteiger partial charge on any atom is 0.159 e. The van der Waals surface area contributed by atoms with E-state index in [2.05, 4.69) is 136 Å². The molecule has 7 aromatic rings. The van der Waals surface area contributed by atoms with Crippen LogP contribution in [-0.2, 0) is 45.2 Å². The predicted octanol–water partition coefficient (Wildman–Crippen LogP) is 23.1. The summed E-state index contributed by atoms with van der Waals surface area (Å²) in [5, 5.41) is 10.9. The largest absolute Gasteiger partial charge is 0.295 e. The molecular formula is C71H124N4O. The van der Waals surface area contributed by atoms with Crippen LogP contribution in [-0.4, -0.2) is 25.3 Å². The van der Waals surface area contributed by atoms with Crippen LogP contribution < -0.4 is 0 Å². The number of fused-ring (bicyclic) bond motifs is 4. The Labute approximate surface area is 474 Å². The van der Waals surface area contributed by atoms with Crippen LogP contribution in [0.25, 0.3) is 10.8 Å². The third-order valence-corrected chi connectivity index (χ3v) is 9.82. The van der Waals surface area contributed by atoms with Crippen molar-refractivity contribution in [2.24, 2.45) is 0 Å². The smallest absolute Gasteiger partial charge is 0.159 e. The molecule has 5 nitrogen and oxygen atoms in total. The average molecular weight is 1050 g/mol. The molecule has 2 aliphatic heterocycles. The molecule has 5 aromatic carbocycles. The second kappa shape index (κ2) is 71.5. The Hall–Kier alpha value is -5.55. The third kappa shape index (κ3) is 42.6. The Kier molecular flexibility index (Phi) is 82.0. The van der Waals surface area contributed by atoms with Crippen LogP contribution in [0.5, 0.6) is 0 Å². The molecule has 0 saturated carbocycles. The van der Waals surface area contributed by atoms with Crippen LogP contribution in [0, 0.1) is 0 Å². The van der Waals surface area contributed by atoms with E-state index in [9.17, 15) is 4.79 Å². The highest BCUT2D eigenvalue weighted by Crippen LogP contribution is 2.20. The quantitative estimate of drug-likeness (QED) is 0.162. The highest BCUT2D eigenvalue weighted by Gasteiger charge is 2.08. The van der Waals surface area contributed by atoms with E-state index in [0.717, 1.165) is 25.1 Å². The van der Waals surface area contributed by atoms with Gasteiger partial charge < -0.3 is 0 Å². The maximum absolute atomic E-state index is 10.6. The van der Waals surface area contributed by atoms with E-state index in [1.165, 1.54) is 85.5 Å². The van der Waals surface area contributed by atoms with Gasteiger partial charge in [-0.15, -0.1) is 0 Å². The van der Waals surface area contributed by atoms with Crippen LogP contribution in [0.1, 0.15) is 238 Å². The lowest BCUT2D eigenvalue weighted by Gasteiger charge is -2.13. The summed E-state index contributed by atoms with van der Waals surface area (Å²) in [6.45, 7) is 46.0. The fraction of sp³-hybridized carbons (Fsp3) is 0.507. The van der Waals surface area contributed by atoms with Crippen molar-refractivity contribution in [1.29, 1.82) is 0 Å². The van der Waals surface area contributed by atoms with Crippen molar-refractivity contribution in [3.8, 4) is 0 Å². The highest BCUT2D eigenvalue weighted by molar-refractivity contribution is 5.93. The van der Waals surface area contributed by atoms with Gasteiger partial charge in [0.15, 0.2) is 5.78 Å². The SMILES string of the molecule is C.C.CC.CC.CC.CC.CC.CC.CC.CC.CC.CC.CC(=O)c1ccccc1.CCc1ccccc1.c1cc2n(n1)CCC2.c1cc2n(n1)CCCC2.c1ccc2c(c1)CCCC2.c1ccc2ccccc2c1. The summed E-state index contributed by atoms with van der Waals surface area (Å²) >= 11 is 0. The van der Waals surface area contributed by atoms with Crippen molar-refractivity contribution in [2.45, 2.75) is 244 Å². The number of hydrogen-bond donors (Lipinski definition) is 0. The number of carbonyl (C=O) groups is 1. The Balaban J connectivity index is -0.000000114. The summed E-state index contributed by atoms with van der Waals surface area (Å²) in [6.07, 6.45) is 16.6. The molecular weight excluding hydrogens is 925 g/mol. The number of aryl methyl sites for hydroxylation is 7. The minimum Gasteiger partial charge on any atom is -0.295 e. The van der Waals surface area contributed by atoms with Gasteiger partial charge in [-0.1, -0.05) is 294 Å². The molecule has 10 rings (SSSR count). The molecule has 0 atom stereocenters. The molecule has 0 fully saturated rings. The van der Waals surface area contributed by atoms with Gasteiger partial charge in [0.25, 0.3) is 0 Å². The molecule has 1 aliphatic carbocycles. The molecule has 0 bridgehead atoms. The molecule has 0 unspecified atom stereocenters. The van der Waals surface area contributed by atoms with Crippen LogP contribution in [0.3, 0.4) is 0 Å². The number of nitrogens with zero attached hydrogens (tertiary/aromatic N) is 4. The molecule has 76 heavy (non-hydrogen) atoms. The number of hydrogen-bond acceptors (Lipinski definition) is 3. The van der Waals surface area contributed by atoms with Crippen molar-refractivity contribution in [2.75, 3.05) is 0 Å². The number of benzene rings is 5. The lowest BCUT2D eigenvalue weighted by molar-refractivity contribution is 0.101. The van der Waals surface area contributed by atoms with Crippen molar-refractivity contribution in [3.05, 3.63) is 192 Å². The first-order chi connectivity index (χ1) is 36.6. The number of carbonyl (C=O) groups excluding carboxylic acids is 1. The highest BCUT2D eigenvalue weighted by atomic mass is 16.1. The Morgan fingerprint density at radius 1 is 0.382 bits per heavy atom. The average Bonchev–Trinajstić information content (AvgIpc) is 4.32. The van der Waals surface area contributed by atoms with Crippen LogP contribution >= 0.6 is 0 Å². The zero-order chi connectivity index (χ0) is 57.6. The molecule has 434 valence electrons. The molecule has 0 spiro atoms. The van der Waals surface area contributed by atoms with E-state index in [-0.39, 0.29) is 20.6 Å². The maximum atomic E-state index is 10.6. The fourth-order valence-electron chi connectivity index (χ4n) is 6.72. The van der Waals surface area contributed by atoms with E-state index >= 15 is 0 Å². The standard InChI is InChI=1S/C10H12.C10H8.C8H8O.C8H10.C7H10N2.C6H8N2.10C2H6.2CH4/c2*1-2-6-10-8-4-3-7-9(10)5-1;1-7(9)8-5-3-2-4-6-8;1-2-8-6-4-3-5-7-8;1-2-6-9-7(3-1)4-5-8-9;1-2-6-3-4-7-8(6)5-1;10*1-2;;/h1-2,5-6H,3-4,7-8H2;1-8H;2-6H,1H3;3-7H,2H2,1H3;4-5H,1-3,6H2;3-4H,1-2,5H2;10*1-2H3;2*1H4. The van der Waals surface area contributed by atoms with Crippen molar-refractivity contribution in [1.82, 2.24) is 19.6 Å². The second-order valence-electron chi connectivity index (χ2n) is 13.7. The van der Waals surface area contributed by atoms with Gasteiger partial charge in [0.05, 0.1) is 0 Å². The first-order valence-electron chi connectivity index (χ1n) is 29.7. The predicted molar refractivity (Wildman–Crippen MR) is 352 cm³/mol. The zero-order valence-electron chi connectivity index (χ0n) is 52.2. The molecule has 0 amide bonds. The third-order valence-electron chi connectivity index (χ3n) is 9.82. The minimum absolute atomic E-state index is 0. The second-order valence-corrected chi connectivity index (χ2v) is 13.7. The summed E-state index contributed by atoms with van der Waals surface area (Å²) < 4.78 is 4.17. The van der Waals surface area contributed by atoms with E-state index < -0.39 is 0 Å². The first kappa shape index (κ1) is 87.1. The minimum atomic E-state index is 0. The Bertz CT molecular complexity index is 1950. The van der Waals surface area contributed by atoms with E-state index in [1.807, 2.05) is 187 Å². The van der Waals surface area contributed by atoms with Crippen LogP contribution in [0.15, 0.2) is 158 Å². The molecule has 5 heteroatoms. The normalized spacial score (nSPS) is 10.1. The van der Waals surface area contributed by atoms with Crippen LogP contribution in [0.4, 0.5) is 0 Å². The van der Waals surface area contributed by atoms with E-state index in [4.69, 9.17) is 0 Å². The van der Waals surface area contributed by atoms with Crippen molar-refractivity contribution < 1.29 is 4.79 Å². The van der Waals surface area contributed by atoms with Gasteiger partial charge in [-0.3, -0.25) is 14.2 Å². The summed E-state index contributed by atoms with van der Waals surface area (Å²) in [7, 11) is 0. The summed E-state index contributed by atoms with van der Waals surface area (Å²) in [5.41, 5.74) is 8.14. The number of rotatable bonds is 2. The van der Waals surface area contributed by atoms with Gasteiger partial charge in [0, 0.05) is 42.4 Å². The van der Waals surface area contributed by atoms with Crippen molar-refractivity contribution >= 4 is 16.6 Å². The summed E-state index contributed by atoms with van der Waals surface area (Å²) in [5.74, 6) is 0.121. The summed E-state index contributed by atoms with van der Waals surface area (Å²) in [4.78, 5) is 10.6. The topological polar surface area (TPSA) is 52.7 Å². The Morgan fingerprint density at radius 3 is 1.00 bits per heavy atom. The molecule has 2 aromatic heterocycles. The fourth-order valence-corrected chi connectivity index (χ4v) is 6.72. The Morgan fingerprint density at radius 2 is 0.684 bits per heavy atom. The van der Waals surface area contributed by atoms with Gasteiger partial charge in [-0.25, -0.2) is 0 Å². The number of aromatic nitrogens is 4. The van der Waals surface area contributed by atoms with Gasteiger partial charge in [0.2, 0.25) is 0 Å². The molecule has 3 aliphatic rings. The zero-order valence-corrected chi connectivity index (χ0v) is 52.2. The molecule has 0 radical (unpaired) electrons.